The van der Waals surface area contributed by atoms with Crippen molar-refractivity contribution in [3.05, 3.63) is 54.3 Å². The molecule has 3 aliphatic rings. The SMILES string of the molecule is CNC1(c2cc(C(=O)N3CCN(C4CC(CC#N)(n5cc(-c6ncnc7[nH]ccc67)cn5)C4)CC3)nc(C(F)(F)F)n2)CCC1. The summed E-state index contributed by atoms with van der Waals surface area (Å²) in [5, 5.41) is 18.3. The van der Waals surface area contributed by atoms with Gasteiger partial charge in [-0.05, 0) is 51.3 Å². The topological polar surface area (TPSA) is 145 Å². The van der Waals surface area contributed by atoms with Crippen LogP contribution in [0, 0.1) is 11.3 Å². The molecule has 4 aromatic rings. The van der Waals surface area contributed by atoms with Crippen LogP contribution in [0.1, 0.15) is 60.5 Å². The lowest BCUT2D eigenvalue weighted by molar-refractivity contribution is -0.145. The van der Waals surface area contributed by atoms with Gasteiger partial charge in [0.1, 0.15) is 17.7 Å². The third-order valence-electron chi connectivity index (χ3n) is 9.83. The first-order valence-electron chi connectivity index (χ1n) is 15.0. The summed E-state index contributed by atoms with van der Waals surface area (Å²) in [5.74, 6) is -1.81. The third kappa shape index (κ3) is 5.01. The fraction of sp³-hybridized carbons (Fsp3) is 0.500. The molecule has 7 rings (SSSR count). The number of amides is 1. The van der Waals surface area contributed by atoms with E-state index in [0.29, 0.717) is 45.4 Å². The fourth-order valence-corrected chi connectivity index (χ4v) is 6.99. The Bertz CT molecular complexity index is 1770. The lowest BCUT2D eigenvalue weighted by atomic mass is 9.70. The summed E-state index contributed by atoms with van der Waals surface area (Å²) in [6, 6.07) is 5.86. The maximum absolute atomic E-state index is 13.7. The minimum absolute atomic E-state index is 0.190. The highest BCUT2D eigenvalue weighted by Crippen LogP contribution is 2.45. The molecule has 2 N–H and O–H groups in total. The first kappa shape index (κ1) is 29.3. The number of hydrogen-bond acceptors (Lipinski definition) is 9. The molecule has 2 aliphatic carbocycles. The summed E-state index contributed by atoms with van der Waals surface area (Å²) >= 11 is 0. The van der Waals surface area contributed by atoms with Gasteiger partial charge in [0.25, 0.3) is 5.91 Å². The van der Waals surface area contributed by atoms with Gasteiger partial charge in [0.15, 0.2) is 0 Å². The molecule has 12 nitrogen and oxygen atoms in total. The van der Waals surface area contributed by atoms with Crippen LogP contribution < -0.4 is 5.32 Å². The predicted molar refractivity (Wildman–Crippen MR) is 155 cm³/mol. The number of hydrogen-bond donors (Lipinski definition) is 2. The number of aromatic amines is 1. The molecule has 0 radical (unpaired) electrons. The quantitative estimate of drug-likeness (QED) is 0.318. The normalized spacial score (nSPS) is 23.4. The van der Waals surface area contributed by atoms with Gasteiger partial charge in [-0.15, -0.1) is 0 Å². The molecule has 0 spiro atoms. The van der Waals surface area contributed by atoms with Gasteiger partial charge in [0.2, 0.25) is 5.82 Å². The number of H-pyrrole nitrogens is 1. The lowest BCUT2D eigenvalue weighted by Gasteiger charge is -2.52. The molecule has 3 fully saturated rings. The standard InChI is InChI=1S/C30H32F3N11O/c1-35-29(4-2-5-29)23-13-22(40-27(41-23)30(31,32)33)26(45)43-11-9-42(10-12-43)20-14-28(15-20,6-7-34)44-17-19(16-39-44)24-21-3-8-36-25(21)38-18-37-24/h3,8,13,16-18,20,35H,2,4-6,9-12,14-15H2,1H3,(H,36,37,38). The average molecular weight is 620 g/mol. The van der Waals surface area contributed by atoms with Crippen LogP contribution in [0.4, 0.5) is 13.2 Å². The van der Waals surface area contributed by atoms with Crippen molar-refractivity contribution >= 4 is 16.9 Å². The first-order chi connectivity index (χ1) is 21.6. The Morgan fingerprint density at radius 3 is 2.62 bits per heavy atom. The number of nitriles is 1. The second kappa shape index (κ2) is 10.9. The Balaban J connectivity index is 1.03. The number of nitrogens with one attached hydrogen (secondary N) is 2. The molecule has 1 saturated heterocycles. The second-order valence-electron chi connectivity index (χ2n) is 12.2. The smallest absolute Gasteiger partial charge is 0.346 e. The maximum atomic E-state index is 13.7. The summed E-state index contributed by atoms with van der Waals surface area (Å²) in [4.78, 5) is 36.6. The summed E-state index contributed by atoms with van der Waals surface area (Å²) in [5.41, 5.74) is 1.21. The van der Waals surface area contributed by atoms with Gasteiger partial charge < -0.3 is 15.2 Å². The summed E-state index contributed by atoms with van der Waals surface area (Å²) < 4.78 is 43.0. The van der Waals surface area contributed by atoms with E-state index in [1.54, 1.807) is 18.1 Å². The summed E-state index contributed by atoms with van der Waals surface area (Å²) in [6.45, 7) is 1.87. The highest BCUT2D eigenvalue weighted by atomic mass is 19.4. The van der Waals surface area contributed by atoms with Crippen LogP contribution in [-0.4, -0.2) is 89.7 Å². The van der Waals surface area contributed by atoms with Crippen LogP contribution in [0.2, 0.25) is 0 Å². The van der Waals surface area contributed by atoms with Crippen LogP contribution in [0.5, 0.6) is 0 Å². The zero-order valence-electron chi connectivity index (χ0n) is 24.7. The number of carbonyl (C=O) groups excluding carboxylic acids is 1. The molecular weight excluding hydrogens is 587 g/mol. The molecule has 0 aromatic carbocycles. The molecule has 0 unspecified atom stereocenters. The number of aromatic nitrogens is 7. The molecule has 0 atom stereocenters. The molecule has 1 amide bonds. The van der Waals surface area contributed by atoms with Crippen molar-refractivity contribution in [2.24, 2.45) is 0 Å². The Kier molecular flexibility index (Phi) is 7.08. The van der Waals surface area contributed by atoms with Crippen molar-refractivity contribution in [3.8, 4) is 17.3 Å². The second-order valence-corrected chi connectivity index (χ2v) is 12.2. The summed E-state index contributed by atoms with van der Waals surface area (Å²) in [6.07, 6.45) is 6.16. The minimum Gasteiger partial charge on any atom is -0.346 e. The molecule has 45 heavy (non-hydrogen) atoms. The largest absolute Gasteiger partial charge is 0.451 e. The van der Waals surface area contributed by atoms with E-state index in [0.717, 1.165) is 41.6 Å². The Morgan fingerprint density at radius 1 is 1.18 bits per heavy atom. The first-order valence-corrected chi connectivity index (χ1v) is 15.0. The van der Waals surface area contributed by atoms with Crippen LogP contribution in [0.15, 0.2) is 37.1 Å². The molecule has 15 heteroatoms. The van der Waals surface area contributed by atoms with Crippen molar-refractivity contribution in [3.63, 3.8) is 0 Å². The molecule has 0 bridgehead atoms. The average Bonchev–Trinajstić information content (AvgIpc) is 3.68. The summed E-state index contributed by atoms with van der Waals surface area (Å²) in [7, 11) is 1.70. The number of fused-ring (bicyclic) bond motifs is 1. The van der Waals surface area contributed by atoms with Crippen molar-refractivity contribution in [2.45, 2.75) is 61.8 Å². The highest BCUT2D eigenvalue weighted by Gasteiger charge is 2.49. The van der Waals surface area contributed by atoms with Gasteiger partial charge in [-0.2, -0.15) is 23.5 Å². The zero-order chi connectivity index (χ0) is 31.4. The monoisotopic (exact) mass is 619 g/mol. The highest BCUT2D eigenvalue weighted by molar-refractivity contribution is 5.92. The van der Waals surface area contributed by atoms with Crippen LogP contribution in [0.25, 0.3) is 22.3 Å². The van der Waals surface area contributed by atoms with E-state index in [1.807, 2.05) is 23.1 Å². The van der Waals surface area contributed by atoms with Gasteiger partial charge in [0.05, 0.1) is 41.2 Å². The molecule has 4 aromatic heterocycles. The van der Waals surface area contributed by atoms with Gasteiger partial charge in [-0.1, -0.05) is 0 Å². The van der Waals surface area contributed by atoms with Crippen LogP contribution in [-0.2, 0) is 17.3 Å². The Labute approximate surface area is 256 Å². The van der Waals surface area contributed by atoms with E-state index in [2.05, 4.69) is 46.3 Å². The van der Waals surface area contributed by atoms with Gasteiger partial charge in [-0.3, -0.25) is 14.4 Å². The predicted octanol–water partition coefficient (Wildman–Crippen LogP) is 3.46. The van der Waals surface area contributed by atoms with Crippen molar-refractivity contribution in [2.75, 3.05) is 33.2 Å². The number of rotatable bonds is 7. The van der Waals surface area contributed by atoms with E-state index in [9.17, 15) is 23.2 Å². The van der Waals surface area contributed by atoms with Gasteiger partial charge >= 0.3 is 6.18 Å². The number of alkyl halides is 3. The molecular formula is C30H32F3N11O. The number of carbonyl (C=O) groups is 1. The zero-order valence-corrected chi connectivity index (χ0v) is 24.7. The Morgan fingerprint density at radius 2 is 1.96 bits per heavy atom. The molecule has 2 saturated carbocycles. The van der Waals surface area contributed by atoms with E-state index >= 15 is 0 Å². The number of halogens is 3. The number of piperazine rings is 1. The third-order valence-corrected chi connectivity index (χ3v) is 9.83. The van der Waals surface area contributed by atoms with E-state index < -0.39 is 29.0 Å². The van der Waals surface area contributed by atoms with Gasteiger partial charge in [0, 0.05) is 55.6 Å². The molecule has 234 valence electrons. The maximum Gasteiger partial charge on any atom is 0.451 e. The molecule has 5 heterocycles. The minimum atomic E-state index is -4.76. The van der Waals surface area contributed by atoms with E-state index in [-0.39, 0.29) is 17.4 Å². The molecule has 1 aliphatic heterocycles. The van der Waals surface area contributed by atoms with Crippen LogP contribution in [0.3, 0.4) is 0 Å². The Hall–Kier alpha value is -4.42. The van der Waals surface area contributed by atoms with E-state index in [4.69, 9.17) is 0 Å². The van der Waals surface area contributed by atoms with Crippen molar-refractivity contribution in [1.29, 1.82) is 5.26 Å². The van der Waals surface area contributed by atoms with Crippen LogP contribution >= 0.6 is 0 Å². The fourth-order valence-electron chi connectivity index (χ4n) is 6.99. The lowest BCUT2D eigenvalue weighted by Crippen LogP contribution is -2.60. The number of nitrogens with zero attached hydrogens (tertiary/aromatic N) is 9. The van der Waals surface area contributed by atoms with Crippen molar-refractivity contribution < 1.29 is 18.0 Å². The van der Waals surface area contributed by atoms with E-state index in [1.165, 1.54) is 12.4 Å². The van der Waals surface area contributed by atoms with Crippen molar-refractivity contribution in [1.82, 2.24) is 49.8 Å². The van der Waals surface area contributed by atoms with Gasteiger partial charge in [-0.25, -0.2) is 19.9 Å².